The van der Waals surface area contributed by atoms with E-state index in [1.165, 1.54) is 0 Å². The number of carboxylic acids is 1. The summed E-state index contributed by atoms with van der Waals surface area (Å²) in [5, 5.41) is 9.16. The Kier molecular flexibility index (Phi) is 4.47. The smallest absolute Gasteiger partial charge is 0.335 e. The van der Waals surface area contributed by atoms with Gasteiger partial charge in [0.25, 0.3) is 0 Å². The third-order valence-electron chi connectivity index (χ3n) is 4.83. The lowest BCUT2D eigenvalue weighted by atomic mass is 9.88. The minimum Gasteiger partial charge on any atom is -0.492 e. The number of hydrogen-bond acceptors (Lipinski definition) is 3. The highest BCUT2D eigenvalue weighted by Crippen LogP contribution is 2.33. The molecule has 1 aliphatic rings. The van der Waals surface area contributed by atoms with Crippen LogP contribution in [0.3, 0.4) is 0 Å². The van der Waals surface area contributed by atoms with Crippen LogP contribution in [0.25, 0.3) is 11.1 Å². The van der Waals surface area contributed by atoms with E-state index in [1.54, 1.807) is 24.3 Å². The largest absolute Gasteiger partial charge is 0.492 e. The molecule has 4 rings (SSSR count). The van der Waals surface area contributed by atoms with Crippen molar-refractivity contribution in [2.45, 2.75) is 6.42 Å². The Bertz CT molecular complexity index is 1010. The number of ketones is 1. The zero-order valence-electron chi connectivity index (χ0n) is 14.6. The van der Waals surface area contributed by atoms with Gasteiger partial charge in [-0.2, -0.15) is 0 Å². The summed E-state index contributed by atoms with van der Waals surface area (Å²) in [6, 6.07) is 22.1. The molecule has 0 radical (unpaired) electrons. The van der Waals surface area contributed by atoms with Crippen LogP contribution in [-0.4, -0.2) is 23.5 Å². The molecule has 0 amide bonds. The van der Waals surface area contributed by atoms with Crippen molar-refractivity contribution in [3.63, 3.8) is 0 Å². The molecule has 0 saturated heterocycles. The van der Waals surface area contributed by atoms with Gasteiger partial charge in [-0.25, -0.2) is 4.79 Å². The highest BCUT2D eigenvalue weighted by molar-refractivity contribution is 6.02. The van der Waals surface area contributed by atoms with Crippen molar-refractivity contribution >= 4 is 11.8 Å². The minimum absolute atomic E-state index is 0.0888. The molecule has 1 aliphatic heterocycles. The third-order valence-corrected chi connectivity index (χ3v) is 4.83. The normalized spacial score (nSPS) is 15.7. The number of rotatable bonds is 4. The fraction of sp³-hybridized carbons (Fsp3) is 0.130. The lowest BCUT2D eigenvalue weighted by Gasteiger charge is -2.24. The molecule has 0 saturated carbocycles. The van der Waals surface area contributed by atoms with Crippen molar-refractivity contribution in [1.82, 2.24) is 0 Å². The fourth-order valence-corrected chi connectivity index (χ4v) is 3.39. The number of Topliss-reactive ketones (excluding diaryl/α,β-unsaturated/α-hetero) is 1. The summed E-state index contributed by atoms with van der Waals surface area (Å²) in [6.45, 7) is 0.347. The van der Waals surface area contributed by atoms with E-state index in [2.05, 4.69) is 0 Å². The molecule has 0 spiro atoms. The van der Waals surface area contributed by atoms with E-state index in [-0.39, 0.29) is 17.3 Å². The fourth-order valence-electron chi connectivity index (χ4n) is 3.39. The summed E-state index contributed by atoms with van der Waals surface area (Å²) in [4.78, 5) is 24.0. The van der Waals surface area contributed by atoms with Crippen molar-refractivity contribution in [2.75, 3.05) is 6.61 Å². The van der Waals surface area contributed by atoms with E-state index in [4.69, 9.17) is 9.84 Å². The Balaban J connectivity index is 1.60. The van der Waals surface area contributed by atoms with Crippen molar-refractivity contribution < 1.29 is 19.4 Å². The van der Waals surface area contributed by atoms with Crippen LogP contribution in [0.5, 0.6) is 5.75 Å². The summed E-state index contributed by atoms with van der Waals surface area (Å²) in [5.74, 6) is -0.514. The summed E-state index contributed by atoms with van der Waals surface area (Å²) >= 11 is 0. The van der Waals surface area contributed by atoms with Crippen LogP contribution in [-0.2, 0) is 6.42 Å². The number of carbonyl (C=O) groups excluding carboxylic acids is 1. The lowest BCUT2D eigenvalue weighted by molar-refractivity contribution is 0.0696. The topological polar surface area (TPSA) is 63.6 Å². The number of hydrogen-bond donors (Lipinski definition) is 1. The van der Waals surface area contributed by atoms with Gasteiger partial charge in [0.15, 0.2) is 5.78 Å². The summed E-state index contributed by atoms with van der Waals surface area (Å²) in [5.41, 5.74) is 3.53. The van der Waals surface area contributed by atoms with Gasteiger partial charge in [0.05, 0.1) is 23.7 Å². The van der Waals surface area contributed by atoms with Crippen molar-refractivity contribution in [1.29, 1.82) is 0 Å². The van der Waals surface area contributed by atoms with Gasteiger partial charge >= 0.3 is 5.97 Å². The van der Waals surface area contributed by atoms with Gasteiger partial charge in [-0.15, -0.1) is 0 Å². The van der Waals surface area contributed by atoms with Crippen LogP contribution in [0.1, 0.15) is 26.3 Å². The molecule has 4 heteroatoms. The molecule has 1 heterocycles. The van der Waals surface area contributed by atoms with Gasteiger partial charge in [-0.05, 0) is 47.4 Å². The number of ether oxygens (including phenoxy) is 1. The van der Waals surface area contributed by atoms with Crippen LogP contribution in [0.2, 0.25) is 0 Å². The van der Waals surface area contributed by atoms with E-state index < -0.39 is 5.97 Å². The van der Waals surface area contributed by atoms with Crippen molar-refractivity contribution in [3.05, 3.63) is 89.5 Å². The first-order chi connectivity index (χ1) is 13.1. The second kappa shape index (κ2) is 7.08. The first kappa shape index (κ1) is 17.0. The number of fused-ring (bicyclic) bond motifs is 1. The SMILES string of the molecule is O=C(O)c1cccc(-c2ccc3c(c2)OCC(Cc2ccccc2)C3=O)c1. The molecule has 27 heavy (non-hydrogen) atoms. The minimum atomic E-state index is -0.968. The van der Waals surface area contributed by atoms with Gasteiger partial charge < -0.3 is 9.84 Å². The second-order valence-electron chi connectivity index (χ2n) is 6.66. The molecular weight excluding hydrogens is 340 g/mol. The zero-order valence-corrected chi connectivity index (χ0v) is 14.6. The average molecular weight is 358 g/mol. The predicted molar refractivity (Wildman–Crippen MR) is 102 cm³/mol. The monoisotopic (exact) mass is 358 g/mol. The zero-order chi connectivity index (χ0) is 18.8. The molecule has 0 bridgehead atoms. The number of carboxylic acid groups (broad SMARTS) is 1. The van der Waals surface area contributed by atoms with Crippen molar-refractivity contribution in [3.8, 4) is 16.9 Å². The Morgan fingerprint density at radius 1 is 0.963 bits per heavy atom. The lowest BCUT2D eigenvalue weighted by Crippen LogP contribution is -2.29. The molecule has 3 aromatic rings. The maximum Gasteiger partial charge on any atom is 0.335 e. The summed E-state index contributed by atoms with van der Waals surface area (Å²) in [6.07, 6.45) is 0.654. The highest BCUT2D eigenvalue weighted by atomic mass is 16.5. The summed E-state index contributed by atoms with van der Waals surface area (Å²) < 4.78 is 5.88. The van der Waals surface area contributed by atoms with Gasteiger partial charge in [-0.3, -0.25) is 4.79 Å². The third kappa shape index (κ3) is 3.47. The molecule has 1 unspecified atom stereocenters. The molecule has 4 nitrogen and oxygen atoms in total. The van der Waals surface area contributed by atoms with Crippen LogP contribution in [0, 0.1) is 5.92 Å². The molecule has 0 aliphatic carbocycles. The summed E-state index contributed by atoms with van der Waals surface area (Å²) in [7, 11) is 0. The van der Waals surface area contributed by atoms with E-state index in [9.17, 15) is 9.59 Å². The highest BCUT2D eigenvalue weighted by Gasteiger charge is 2.29. The Morgan fingerprint density at radius 2 is 1.74 bits per heavy atom. The van der Waals surface area contributed by atoms with Crippen LogP contribution >= 0.6 is 0 Å². The molecule has 134 valence electrons. The molecule has 1 atom stereocenters. The van der Waals surface area contributed by atoms with Crippen LogP contribution in [0.4, 0.5) is 0 Å². The Morgan fingerprint density at radius 3 is 2.52 bits per heavy atom. The maximum atomic E-state index is 12.9. The standard InChI is InChI=1S/C23H18O4/c24-22-19(11-15-5-2-1-3-6-15)14-27-21-13-17(9-10-20(21)22)16-7-4-8-18(12-16)23(25)26/h1-10,12-13,19H,11,14H2,(H,25,26). The average Bonchev–Trinajstić information content (AvgIpc) is 2.71. The molecule has 3 aromatic carbocycles. The molecule has 0 aromatic heterocycles. The van der Waals surface area contributed by atoms with Crippen molar-refractivity contribution in [2.24, 2.45) is 5.92 Å². The molecular formula is C23H18O4. The maximum absolute atomic E-state index is 12.9. The first-order valence-electron chi connectivity index (χ1n) is 8.80. The van der Waals surface area contributed by atoms with E-state index in [0.717, 1.165) is 16.7 Å². The van der Waals surface area contributed by atoms with Gasteiger partial charge in [0.2, 0.25) is 0 Å². The van der Waals surface area contributed by atoms with Crippen LogP contribution in [0.15, 0.2) is 72.8 Å². The van der Waals surface area contributed by atoms with Gasteiger partial charge in [0, 0.05) is 0 Å². The second-order valence-corrected chi connectivity index (χ2v) is 6.66. The van der Waals surface area contributed by atoms with Gasteiger partial charge in [0.1, 0.15) is 5.75 Å². The number of aromatic carboxylic acids is 1. The predicted octanol–water partition coefficient (Wildman–Crippen LogP) is 4.49. The first-order valence-corrected chi connectivity index (χ1v) is 8.80. The van der Waals surface area contributed by atoms with Crippen LogP contribution < -0.4 is 4.74 Å². The quantitative estimate of drug-likeness (QED) is 0.747. The number of carbonyl (C=O) groups is 2. The van der Waals surface area contributed by atoms with E-state index >= 15 is 0 Å². The van der Waals surface area contributed by atoms with E-state index in [0.29, 0.717) is 24.3 Å². The Labute approximate surface area is 157 Å². The van der Waals surface area contributed by atoms with Gasteiger partial charge in [-0.1, -0.05) is 48.5 Å². The number of benzene rings is 3. The van der Waals surface area contributed by atoms with E-state index in [1.807, 2.05) is 48.5 Å². The molecule has 0 fully saturated rings. The Hall–Kier alpha value is -3.40. The molecule has 1 N–H and O–H groups in total.